The topological polar surface area (TPSA) is 32.3 Å². The molecule has 1 heterocycles. The zero-order valence-corrected chi connectivity index (χ0v) is 6.59. The lowest BCUT2D eigenvalue weighted by Crippen LogP contribution is -2.33. The van der Waals surface area contributed by atoms with Crippen molar-refractivity contribution in [3.05, 3.63) is 0 Å². The van der Waals surface area contributed by atoms with Crippen molar-refractivity contribution in [2.24, 2.45) is 17.3 Å². The maximum absolute atomic E-state index is 8.93. The molecule has 0 unspecified atom stereocenters. The van der Waals surface area contributed by atoms with E-state index < -0.39 is 0 Å². The molecule has 58 valence electrons. The fourth-order valence-electron chi connectivity index (χ4n) is 2.56. The summed E-state index contributed by atoms with van der Waals surface area (Å²) in [7, 11) is 0. The van der Waals surface area contributed by atoms with Crippen LogP contribution in [0.15, 0.2) is 0 Å². The smallest absolute Gasteiger partial charge is 0.0587 e. The summed E-state index contributed by atoms with van der Waals surface area (Å²) < 4.78 is 0. The molecule has 2 rings (SSSR count). The molecule has 0 bridgehead atoms. The van der Waals surface area contributed by atoms with Crippen molar-refractivity contribution in [2.75, 3.05) is 13.2 Å². The number of aliphatic hydroxyl groups is 1. The molecule has 10 heavy (non-hydrogen) atoms. The summed E-state index contributed by atoms with van der Waals surface area (Å²) in [6.07, 6.45) is 0. The fraction of sp³-hybridized carbons (Fsp3) is 1.00. The van der Waals surface area contributed by atoms with Gasteiger partial charge in [-0.15, -0.1) is 0 Å². The van der Waals surface area contributed by atoms with E-state index in [1.807, 2.05) is 0 Å². The Morgan fingerprint density at radius 1 is 1.60 bits per heavy atom. The highest BCUT2D eigenvalue weighted by Crippen LogP contribution is 2.62. The van der Waals surface area contributed by atoms with E-state index in [0.29, 0.717) is 18.1 Å². The van der Waals surface area contributed by atoms with Crippen molar-refractivity contribution in [3.8, 4) is 0 Å². The number of fused-ring (bicyclic) bond motifs is 1. The van der Waals surface area contributed by atoms with E-state index in [1.54, 1.807) is 0 Å². The van der Waals surface area contributed by atoms with Crippen LogP contribution in [0.1, 0.15) is 13.8 Å². The molecule has 2 nitrogen and oxygen atoms in total. The third kappa shape index (κ3) is 0.611. The molecule has 0 amide bonds. The van der Waals surface area contributed by atoms with Gasteiger partial charge in [-0.25, -0.2) is 0 Å². The van der Waals surface area contributed by atoms with Gasteiger partial charge in [0.2, 0.25) is 0 Å². The van der Waals surface area contributed by atoms with Gasteiger partial charge in [0.25, 0.3) is 0 Å². The lowest BCUT2D eigenvalue weighted by atomic mass is 10.0. The molecule has 0 aromatic carbocycles. The monoisotopic (exact) mass is 141 g/mol. The van der Waals surface area contributed by atoms with Crippen LogP contribution in [-0.2, 0) is 0 Å². The van der Waals surface area contributed by atoms with E-state index in [1.165, 1.54) is 0 Å². The van der Waals surface area contributed by atoms with E-state index >= 15 is 0 Å². The Morgan fingerprint density at radius 3 is 2.60 bits per heavy atom. The normalized spacial score (nSPS) is 48.9. The SMILES string of the molecule is CC1(C)[C@@H]2[C@@H](CO)NC[C@@H]21. The van der Waals surface area contributed by atoms with Gasteiger partial charge in [-0.05, 0) is 23.8 Å². The lowest BCUT2D eigenvalue weighted by Gasteiger charge is -2.15. The highest BCUT2D eigenvalue weighted by atomic mass is 16.3. The molecule has 2 aliphatic rings. The number of nitrogens with one attached hydrogen (secondary N) is 1. The van der Waals surface area contributed by atoms with Gasteiger partial charge in [0.1, 0.15) is 0 Å². The van der Waals surface area contributed by atoms with Crippen LogP contribution in [0.2, 0.25) is 0 Å². The van der Waals surface area contributed by atoms with Gasteiger partial charge < -0.3 is 10.4 Å². The van der Waals surface area contributed by atoms with Gasteiger partial charge in [0, 0.05) is 6.04 Å². The van der Waals surface area contributed by atoms with E-state index in [2.05, 4.69) is 19.2 Å². The van der Waals surface area contributed by atoms with Crippen molar-refractivity contribution < 1.29 is 5.11 Å². The van der Waals surface area contributed by atoms with Crippen molar-refractivity contribution >= 4 is 0 Å². The summed E-state index contributed by atoms with van der Waals surface area (Å²) >= 11 is 0. The van der Waals surface area contributed by atoms with Gasteiger partial charge in [-0.1, -0.05) is 13.8 Å². The first kappa shape index (κ1) is 6.62. The molecular weight excluding hydrogens is 126 g/mol. The molecule has 2 fully saturated rings. The molecule has 2 N–H and O–H groups in total. The first-order valence-electron chi connectivity index (χ1n) is 4.02. The van der Waals surface area contributed by atoms with Gasteiger partial charge in [-0.3, -0.25) is 0 Å². The molecule has 0 spiro atoms. The first-order chi connectivity index (χ1) is 4.68. The van der Waals surface area contributed by atoms with Crippen LogP contribution in [0, 0.1) is 17.3 Å². The predicted molar refractivity (Wildman–Crippen MR) is 39.6 cm³/mol. The number of piperidine rings is 1. The van der Waals surface area contributed by atoms with E-state index in [4.69, 9.17) is 5.11 Å². The van der Waals surface area contributed by atoms with Gasteiger partial charge in [0.15, 0.2) is 0 Å². The molecule has 0 radical (unpaired) electrons. The Balaban J connectivity index is 2.07. The van der Waals surface area contributed by atoms with Crippen molar-refractivity contribution in [3.63, 3.8) is 0 Å². The molecule has 0 aromatic heterocycles. The molecule has 1 aliphatic carbocycles. The average molecular weight is 141 g/mol. The second kappa shape index (κ2) is 1.74. The number of hydrogen-bond acceptors (Lipinski definition) is 2. The minimum atomic E-state index is 0.310. The summed E-state index contributed by atoms with van der Waals surface area (Å²) in [5, 5.41) is 12.2. The second-order valence-electron chi connectivity index (χ2n) is 4.15. The zero-order valence-electron chi connectivity index (χ0n) is 6.59. The maximum atomic E-state index is 8.93. The van der Waals surface area contributed by atoms with Crippen LogP contribution >= 0.6 is 0 Å². The van der Waals surface area contributed by atoms with Crippen LogP contribution in [0.5, 0.6) is 0 Å². The van der Waals surface area contributed by atoms with Crippen molar-refractivity contribution in [1.82, 2.24) is 5.32 Å². The summed E-state index contributed by atoms with van der Waals surface area (Å²) in [6, 6.07) is 0.389. The van der Waals surface area contributed by atoms with Crippen LogP contribution in [0.4, 0.5) is 0 Å². The van der Waals surface area contributed by atoms with Crippen LogP contribution in [-0.4, -0.2) is 24.3 Å². The third-order valence-corrected chi connectivity index (χ3v) is 3.37. The summed E-state index contributed by atoms with van der Waals surface area (Å²) in [4.78, 5) is 0. The molecule has 1 aliphatic heterocycles. The predicted octanol–water partition coefficient (Wildman–Crippen LogP) is 0.223. The molecule has 0 aromatic rings. The molecule has 1 saturated heterocycles. The van der Waals surface area contributed by atoms with Crippen molar-refractivity contribution in [1.29, 1.82) is 0 Å². The third-order valence-electron chi connectivity index (χ3n) is 3.37. The summed E-state index contributed by atoms with van der Waals surface area (Å²) in [5.74, 6) is 1.59. The Hall–Kier alpha value is -0.0800. The Morgan fingerprint density at radius 2 is 2.30 bits per heavy atom. The minimum absolute atomic E-state index is 0.310. The highest BCUT2D eigenvalue weighted by Gasteiger charge is 2.63. The van der Waals surface area contributed by atoms with Gasteiger partial charge in [-0.2, -0.15) is 0 Å². The maximum Gasteiger partial charge on any atom is 0.0587 e. The zero-order chi connectivity index (χ0) is 7.35. The Labute approximate surface area is 61.6 Å². The molecule has 3 atom stereocenters. The van der Waals surface area contributed by atoms with E-state index in [9.17, 15) is 0 Å². The molecule has 1 saturated carbocycles. The van der Waals surface area contributed by atoms with Gasteiger partial charge >= 0.3 is 0 Å². The number of aliphatic hydroxyl groups excluding tert-OH is 1. The fourth-order valence-corrected chi connectivity index (χ4v) is 2.56. The minimum Gasteiger partial charge on any atom is -0.395 e. The molecular formula is C8H15NO. The summed E-state index contributed by atoms with van der Waals surface area (Å²) in [5.41, 5.74) is 0.513. The quantitative estimate of drug-likeness (QED) is 0.547. The summed E-state index contributed by atoms with van der Waals surface area (Å²) in [6.45, 7) is 6.02. The second-order valence-corrected chi connectivity index (χ2v) is 4.15. The van der Waals surface area contributed by atoms with Crippen LogP contribution in [0.25, 0.3) is 0 Å². The lowest BCUT2D eigenvalue weighted by molar-refractivity contribution is 0.226. The molecule has 2 heteroatoms. The number of hydrogen-bond donors (Lipinski definition) is 2. The standard InChI is InChI=1S/C8H15NO/c1-8(2)5-3-9-6(4-10)7(5)8/h5-7,9-10H,3-4H2,1-2H3/t5-,6+,7-/m0/s1. The van der Waals surface area contributed by atoms with Gasteiger partial charge in [0.05, 0.1) is 6.61 Å². The Kier molecular flexibility index (Phi) is 1.15. The van der Waals surface area contributed by atoms with Crippen molar-refractivity contribution in [2.45, 2.75) is 19.9 Å². The largest absolute Gasteiger partial charge is 0.395 e. The van der Waals surface area contributed by atoms with E-state index in [0.717, 1.165) is 18.4 Å². The Bertz CT molecular complexity index is 155. The first-order valence-corrected chi connectivity index (χ1v) is 4.02. The average Bonchev–Trinajstić information content (AvgIpc) is 2.28. The number of rotatable bonds is 1. The highest BCUT2D eigenvalue weighted by molar-refractivity contribution is 5.14. The van der Waals surface area contributed by atoms with E-state index in [-0.39, 0.29) is 0 Å². The van der Waals surface area contributed by atoms with Crippen LogP contribution in [0.3, 0.4) is 0 Å². The van der Waals surface area contributed by atoms with Crippen LogP contribution < -0.4 is 5.32 Å².